The molecule has 1 unspecified atom stereocenters. The highest BCUT2D eigenvalue weighted by Gasteiger charge is 2.34. The highest BCUT2D eigenvalue weighted by atomic mass is 16.6. The lowest BCUT2D eigenvalue weighted by atomic mass is 10.1. The van der Waals surface area contributed by atoms with E-state index in [0.29, 0.717) is 6.10 Å². The Bertz CT molecular complexity index is 305. The first-order chi connectivity index (χ1) is 8.96. The number of carbonyl (C=O) groups is 1. The monoisotopic (exact) mass is 269 g/mol. The fourth-order valence-corrected chi connectivity index (χ4v) is 2.91. The third kappa shape index (κ3) is 4.46. The average Bonchev–Trinajstić information content (AvgIpc) is 2.95. The van der Waals surface area contributed by atoms with Crippen molar-refractivity contribution in [3.8, 4) is 0 Å². The molecule has 0 N–H and O–H groups in total. The van der Waals surface area contributed by atoms with Crippen LogP contribution in [0.25, 0.3) is 0 Å². The van der Waals surface area contributed by atoms with Crippen LogP contribution in [0.5, 0.6) is 0 Å². The summed E-state index contributed by atoms with van der Waals surface area (Å²) < 4.78 is 11.2. The third-order valence-corrected chi connectivity index (χ3v) is 3.80. The zero-order valence-corrected chi connectivity index (χ0v) is 12.5. The largest absolute Gasteiger partial charge is 0.459 e. The fraction of sp³-hybridized carbons (Fsp3) is 0.933. The molecule has 0 spiro atoms. The number of rotatable bonds is 4. The van der Waals surface area contributed by atoms with Gasteiger partial charge in [0.15, 0.2) is 0 Å². The van der Waals surface area contributed by atoms with Gasteiger partial charge in [-0.15, -0.1) is 0 Å². The molecule has 2 saturated heterocycles. The van der Waals surface area contributed by atoms with Crippen LogP contribution in [0, 0.1) is 0 Å². The second kappa shape index (κ2) is 6.23. The minimum atomic E-state index is -0.389. The SMILES string of the molecule is CC(C)(C)OC(=O)[C@H]1CCCN1CCC1CCCO1. The second-order valence-corrected chi connectivity index (χ2v) is 6.65. The van der Waals surface area contributed by atoms with Gasteiger partial charge in [0.05, 0.1) is 6.10 Å². The molecule has 0 saturated carbocycles. The van der Waals surface area contributed by atoms with Crippen molar-refractivity contribution in [2.45, 2.75) is 70.6 Å². The van der Waals surface area contributed by atoms with Crippen LogP contribution in [-0.2, 0) is 14.3 Å². The maximum absolute atomic E-state index is 12.2. The Kier molecular flexibility index (Phi) is 4.85. The topological polar surface area (TPSA) is 38.8 Å². The Balaban J connectivity index is 1.80. The van der Waals surface area contributed by atoms with Crippen molar-refractivity contribution in [3.05, 3.63) is 0 Å². The number of nitrogens with zero attached hydrogens (tertiary/aromatic N) is 1. The Hall–Kier alpha value is -0.610. The number of hydrogen-bond acceptors (Lipinski definition) is 4. The molecule has 110 valence electrons. The van der Waals surface area contributed by atoms with E-state index in [2.05, 4.69) is 4.90 Å². The van der Waals surface area contributed by atoms with E-state index in [9.17, 15) is 4.79 Å². The Morgan fingerprint density at radius 2 is 2.11 bits per heavy atom. The number of likely N-dealkylation sites (tertiary alicyclic amines) is 1. The standard InChI is InChI=1S/C15H27NO3/c1-15(2,3)19-14(17)13-7-4-9-16(13)10-8-12-6-5-11-18-12/h12-13H,4-11H2,1-3H3/t12?,13-/m1/s1. The Labute approximate surface area is 116 Å². The lowest BCUT2D eigenvalue weighted by molar-refractivity contribution is -0.160. The van der Waals surface area contributed by atoms with E-state index in [-0.39, 0.29) is 17.6 Å². The van der Waals surface area contributed by atoms with Crippen LogP contribution in [0.2, 0.25) is 0 Å². The van der Waals surface area contributed by atoms with Crippen molar-refractivity contribution in [3.63, 3.8) is 0 Å². The summed E-state index contributed by atoms with van der Waals surface area (Å²) in [7, 11) is 0. The molecule has 19 heavy (non-hydrogen) atoms. The van der Waals surface area contributed by atoms with Crippen molar-refractivity contribution >= 4 is 5.97 Å². The van der Waals surface area contributed by atoms with Crippen molar-refractivity contribution in [1.29, 1.82) is 0 Å². The first-order valence-electron chi connectivity index (χ1n) is 7.54. The summed E-state index contributed by atoms with van der Waals surface area (Å²) in [4.78, 5) is 14.4. The number of ether oxygens (including phenoxy) is 2. The third-order valence-electron chi connectivity index (χ3n) is 3.80. The number of hydrogen-bond donors (Lipinski definition) is 0. The van der Waals surface area contributed by atoms with Crippen molar-refractivity contribution in [2.24, 2.45) is 0 Å². The molecular formula is C15H27NO3. The normalized spacial score (nSPS) is 28.8. The summed E-state index contributed by atoms with van der Waals surface area (Å²) >= 11 is 0. The fourth-order valence-electron chi connectivity index (χ4n) is 2.91. The molecule has 0 bridgehead atoms. The van der Waals surface area contributed by atoms with Gasteiger partial charge in [-0.2, -0.15) is 0 Å². The first kappa shape index (κ1) is 14.8. The molecule has 4 nitrogen and oxygen atoms in total. The molecule has 0 aliphatic carbocycles. The molecule has 2 rings (SSSR count). The predicted molar refractivity (Wildman–Crippen MR) is 74.0 cm³/mol. The van der Waals surface area contributed by atoms with Crippen LogP contribution in [-0.4, -0.2) is 48.3 Å². The number of esters is 1. The van der Waals surface area contributed by atoms with Crippen LogP contribution < -0.4 is 0 Å². The molecule has 0 amide bonds. The molecule has 0 aromatic rings. The van der Waals surface area contributed by atoms with Gasteiger partial charge in [0.1, 0.15) is 11.6 Å². The molecule has 0 aromatic carbocycles. The lowest BCUT2D eigenvalue weighted by Crippen LogP contribution is -2.41. The Morgan fingerprint density at radius 1 is 1.32 bits per heavy atom. The van der Waals surface area contributed by atoms with Crippen LogP contribution in [0.3, 0.4) is 0 Å². The van der Waals surface area contributed by atoms with E-state index in [0.717, 1.165) is 39.0 Å². The lowest BCUT2D eigenvalue weighted by Gasteiger charge is -2.27. The van der Waals surface area contributed by atoms with E-state index in [1.807, 2.05) is 20.8 Å². The van der Waals surface area contributed by atoms with Gasteiger partial charge >= 0.3 is 5.97 Å². The second-order valence-electron chi connectivity index (χ2n) is 6.65. The van der Waals surface area contributed by atoms with Crippen molar-refractivity contribution < 1.29 is 14.3 Å². The van der Waals surface area contributed by atoms with E-state index < -0.39 is 0 Å². The number of carbonyl (C=O) groups excluding carboxylic acids is 1. The molecular weight excluding hydrogens is 242 g/mol. The molecule has 0 radical (unpaired) electrons. The van der Waals surface area contributed by atoms with E-state index in [4.69, 9.17) is 9.47 Å². The molecule has 4 heteroatoms. The summed E-state index contributed by atoms with van der Waals surface area (Å²) in [6, 6.07) is -0.0411. The van der Waals surface area contributed by atoms with Crippen molar-refractivity contribution in [1.82, 2.24) is 4.90 Å². The summed E-state index contributed by atoms with van der Waals surface area (Å²) in [5, 5.41) is 0. The summed E-state index contributed by atoms with van der Waals surface area (Å²) in [6.07, 6.45) is 5.82. The minimum absolute atomic E-state index is 0.0411. The zero-order chi connectivity index (χ0) is 13.9. The van der Waals surface area contributed by atoms with Crippen LogP contribution in [0.4, 0.5) is 0 Å². The summed E-state index contributed by atoms with van der Waals surface area (Å²) in [5.41, 5.74) is -0.389. The van der Waals surface area contributed by atoms with Gasteiger partial charge in [0, 0.05) is 13.2 Å². The Morgan fingerprint density at radius 3 is 2.74 bits per heavy atom. The van der Waals surface area contributed by atoms with Gasteiger partial charge in [-0.1, -0.05) is 0 Å². The van der Waals surface area contributed by atoms with E-state index in [1.54, 1.807) is 0 Å². The summed E-state index contributed by atoms with van der Waals surface area (Å²) in [5.74, 6) is -0.0580. The van der Waals surface area contributed by atoms with E-state index >= 15 is 0 Å². The minimum Gasteiger partial charge on any atom is -0.459 e. The maximum atomic E-state index is 12.2. The molecule has 2 fully saturated rings. The first-order valence-corrected chi connectivity index (χ1v) is 7.54. The van der Waals surface area contributed by atoms with Gasteiger partial charge in [-0.05, 0) is 59.4 Å². The van der Waals surface area contributed by atoms with Crippen LogP contribution >= 0.6 is 0 Å². The zero-order valence-electron chi connectivity index (χ0n) is 12.5. The van der Waals surface area contributed by atoms with Gasteiger partial charge in [0.25, 0.3) is 0 Å². The smallest absolute Gasteiger partial charge is 0.323 e. The predicted octanol–water partition coefficient (Wildman–Crippen LogP) is 2.36. The molecule has 2 heterocycles. The maximum Gasteiger partial charge on any atom is 0.323 e. The quantitative estimate of drug-likeness (QED) is 0.734. The van der Waals surface area contributed by atoms with E-state index in [1.165, 1.54) is 12.8 Å². The van der Waals surface area contributed by atoms with Crippen LogP contribution in [0.1, 0.15) is 52.9 Å². The van der Waals surface area contributed by atoms with Crippen molar-refractivity contribution in [2.75, 3.05) is 19.7 Å². The van der Waals surface area contributed by atoms with Gasteiger partial charge in [0.2, 0.25) is 0 Å². The highest BCUT2D eigenvalue weighted by Crippen LogP contribution is 2.23. The van der Waals surface area contributed by atoms with Crippen LogP contribution in [0.15, 0.2) is 0 Å². The molecule has 2 atom stereocenters. The highest BCUT2D eigenvalue weighted by molar-refractivity contribution is 5.76. The summed E-state index contributed by atoms with van der Waals surface area (Å²) in [6.45, 7) is 8.65. The molecule has 2 aliphatic heterocycles. The van der Waals surface area contributed by atoms with Gasteiger partial charge < -0.3 is 9.47 Å². The molecule has 2 aliphatic rings. The van der Waals surface area contributed by atoms with Gasteiger partial charge in [-0.3, -0.25) is 9.69 Å². The van der Waals surface area contributed by atoms with Gasteiger partial charge in [-0.25, -0.2) is 0 Å². The average molecular weight is 269 g/mol. The molecule has 0 aromatic heterocycles.